The average Bonchev–Trinajstić information content (AvgIpc) is 2.32. The van der Waals surface area contributed by atoms with Gasteiger partial charge >= 0.3 is 0 Å². The molecule has 6 nitrogen and oxygen atoms in total. The Balaban J connectivity index is 2.54. The molecule has 0 bridgehead atoms. The highest BCUT2D eigenvalue weighted by molar-refractivity contribution is 6.03. The lowest BCUT2D eigenvalue weighted by Gasteiger charge is -2.11. The molecule has 0 spiro atoms. The predicted octanol–water partition coefficient (Wildman–Crippen LogP) is 0.692. The molecule has 0 aliphatic carbocycles. The van der Waals surface area contributed by atoms with E-state index in [9.17, 15) is 9.59 Å². The number of azide groups is 1. The van der Waals surface area contributed by atoms with Gasteiger partial charge in [-0.3, -0.25) is 14.5 Å². The quantitative estimate of drug-likeness (QED) is 0.278. The molecule has 70 valence electrons. The Morgan fingerprint density at radius 2 is 2.38 bits per heavy atom. The lowest BCUT2D eigenvalue weighted by molar-refractivity contribution is -0.139. The highest BCUT2D eigenvalue weighted by atomic mass is 16.2. The van der Waals surface area contributed by atoms with Gasteiger partial charge in [0.2, 0.25) is 11.8 Å². The van der Waals surface area contributed by atoms with Crippen LogP contribution in [0.15, 0.2) is 5.11 Å². The van der Waals surface area contributed by atoms with Gasteiger partial charge in [-0.05, 0) is 5.53 Å². The molecular weight excluding hydrogens is 172 g/mol. The van der Waals surface area contributed by atoms with Crippen molar-refractivity contribution in [3.8, 4) is 0 Å². The van der Waals surface area contributed by atoms with Crippen LogP contribution in [-0.2, 0) is 9.59 Å². The summed E-state index contributed by atoms with van der Waals surface area (Å²) in [6, 6.07) is 0. The van der Waals surface area contributed by atoms with Crippen LogP contribution in [0, 0.1) is 5.92 Å². The maximum Gasteiger partial charge on any atom is 0.232 e. The van der Waals surface area contributed by atoms with E-state index in [1.165, 1.54) is 0 Å². The fraction of sp³-hybridized carbons (Fsp3) is 0.714. The summed E-state index contributed by atoms with van der Waals surface area (Å²) < 4.78 is 0. The van der Waals surface area contributed by atoms with E-state index >= 15 is 0 Å². The minimum atomic E-state index is -0.224. The summed E-state index contributed by atoms with van der Waals surface area (Å²) >= 11 is 0. The van der Waals surface area contributed by atoms with Gasteiger partial charge < -0.3 is 0 Å². The summed E-state index contributed by atoms with van der Waals surface area (Å²) in [7, 11) is 0. The van der Waals surface area contributed by atoms with Gasteiger partial charge in [0.15, 0.2) is 0 Å². The van der Waals surface area contributed by atoms with E-state index in [-0.39, 0.29) is 37.2 Å². The van der Waals surface area contributed by atoms with Crippen LogP contribution < -0.4 is 0 Å². The van der Waals surface area contributed by atoms with Crippen molar-refractivity contribution in [2.75, 3.05) is 13.1 Å². The van der Waals surface area contributed by atoms with Crippen molar-refractivity contribution in [2.24, 2.45) is 11.0 Å². The number of hydrogen-bond acceptors (Lipinski definition) is 3. The predicted molar refractivity (Wildman–Crippen MR) is 44.5 cm³/mol. The second-order valence-corrected chi connectivity index (χ2v) is 2.94. The number of carbonyl (C=O) groups excluding carboxylic acids is 2. The summed E-state index contributed by atoms with van der Waals surface area (Å²) in [5.41, 5.74) is 7.99. The van der Waals surface area contributed by atoms with Crippen molar-refractivity contribution >= 4 is 11.8 Å². The molecule has 0 aromatic rings. The molecule has 1 aliphatic rings. The summed E-state index contributed by atoms with van der Waals surface area (Å²) in [6.45, 7) is 2.07. The molecule has 1 saturated heterocycles. The van der Waals surface area contributed by atoms with Gasteiger partial charge in [0.05, 0.1) is 0 Å². The maximum atomic E-state index is 11.3. The number of likely N-dealkylation sites (tertiary alicyclic amines) is 1. The van der Waals surface area contributed by atoms with Crippen molar-refractivity contribution in [2.45, 2.75) is 13.3 Å². The topological polar surface area (TPSA) is 86.1 Å². The molecule has 1 unspecified atom stereocenters. The highest BCUT2D eigenvalue weighted by Gasteiger charge is 2.34. The molecule has 6 heteroatoms. The molecule has 0 saturated carbocycles. The Hall–Kier alpha value is -1.55. The minimum Gasteiger partial charge on any atom is -0.282 e. The molecule has 1 atom stereocenters. The Morgan fingerprint density at radius 3 is 2.85 bits per heavy atom. The van der Waals surface area contributed by atoms with E-state index in [1.54, 1.807) is 6.92 Å². The molecule has 1 fully saturated rings. The smallest absolute Gasteiger partial charge is 0.232 e. The fourth-order valence-corrected chi connectivity index (χ4v) is 1.27. The average molecular weight is 182 g/mol. The number of nitrogens with zero attached hydrogens (tertiary/aromatic N) is 4. The third-order valence-electron chi connectivity index (χ3n) is 1.96. The van der Waals surface area contributed by atoms with E-state index in [0.717, 1.165) is 4.90 Å². The van der Waals surface area contributed by atoms with Crippen molar-refractivity contribution in [3.05, 3.63) is 10.4 Å². The van der Waals surface area contributed by atoms with Gasteiger partial charge in [-0.1, -0.05) is 12.0 Å². The van der Waals surface area contributed by atoms with Gasteiger partial charge in [0.1, 0.15) is 0 Å². The summed E-state index contributed by atoms with van der Waals surface area (Å²) in [4.78, 5) is 26.1. The SMILES string of the molecule is CC1CC(=O)N(CCN=[N+]=[N-])C1=O. The number of carbonyl (C=O) groups is 2. The van der Waals surface area contributed by atoms with Crippen LogP contribution in [0.25, 0.3) is 10.4 Å². The normalized spacial score (nSPS) is 21.9. The highest BCUT2D eigenvalue weighted by Crippen LogP contribution is 2.17. The van der Waals surface area contributed by atoms with Gasteiger partial charge in [0, 0.05) is 30.3 Å². The number of amides is 2. The third-order valence-corrected chi connectivity index (χ3v) is 1.96. The van der Waals surface area contributed by atoms with E-state index in [2.05, 4.69) is 10.0 Å². The Kier molecular flexibility index (Phi) is 2.87. The summed E-state index contributed by atoms with van der Waals surface area (Å²) in [5, 5.41) is 3.26. The van der Waals surface area contributed by atoms with Gasteiger partial charge in [-0.2, -0.15) is 0 Å². The number of hydrogen-bond donors (Lipinski definition) is 0. The molecule has 1 rings (SSSR count). The Bertz CT molecular complexity index is 282. The fourth-order valence-electron chi connectivity index (χ4n) is 1.27. The second-order valence-electron chi connectivity index (χ2n) is 2.94. The lowest BCUT2D eigenvalue weighted by atomic mass is 10.1. The van der Waals surface area contributed by atoms with E-state index in [0.29, 0.717) is 0 Å². The summed E-state index contributed by atoms with van der Waals surface area (Å²) in [5.74, 6) is -0.567. The molecule has 2 amide bonds. The third kappa shape index (κ3) is 1.97. The molecular formula is C7H10N4O2. The first-order valence-corrected chi connectivity index (χ1v) is 4.02. The zero-order valence-electron chi connectivity index (χ0n) is 7.30. The summed E-state index contributed by atoms with van der Waals surface area (Å²) in [6.07, 6.45) is 0.273. The molecule has 0 aromatic heterocycles. The first-order valence-electron chi connectivity index (χ1n) is 4.02. The van der Waals surface area contributed by atoms with Crippen LogP contribution in [0.3, 0.4) is 0 Å². The van der Waals surface area contributed by atoms with Crippen LogP contribution in [0.1, 0.15) is 13.3 Å². The number of rotatable bonds is 3. The zero-order chi connectivity index (χ0) is 9.84. The van der Waals surface area contributed by atoms with Crippen LogP contribution in [0.2, 0.25) is 0 Å². The molecule has 1 heterocycles. The lowest BCUT2D eigenvalue weighted by Crippen LogP contribution is -2.32. The molecule has 1 aliphatic heterocycles. The Labute approximate surface area is 75.1 Å². The molecule has 0 N–H and O–H groups in total. The largest absolute Gasteiger partial charge is 0.282 e. The van der Waals surface area contributed by atoms with Crippen LogP contribution in [-0.4, -0.2) is 29.8 Å². The first kappa shape index (κ1) is 9.54. The van der Waals surface area contributed by atoms with E-state index in [1.807, 2.05) is 0 Å². The minimum absolute atomic E-state index is 0.153. The first-order chi connectivity index (χ1) is 6.16. The van der Waals surface area contributed by atoms with Crippen molar-refractivity contribution in [1.82, 2.24) is 4.90 Å². The van der Waals surface area contributed by atoms with E-state index in [4.69, 9.17) is 5.53 Å². The van der Waals surface area contributed by atoms with Gasteiger partial charge in [0.25, 0.3) is 0 Å². The van der Waals surface area contributed by atoms with Gasteiger partial charge in [-0.15, -0.1) is 0 Å². The standard InChI is InChI=1S/C7H10N4O2/c1-5-4-6(12)11(7(5)13)3-2-9-10-8/h5H,2-4H2,1H3. The molecule has 13 heavy (non-hydrogen) atoms. The van der Waals surface area contributed by atoms with Crippen LogP contribution in [0.4, 0.5) is 0 Å². The van der Waals surface area contributed by atoms with Crippen LogP contribution in [0.5, 0.6) is 0 Å². The van der Waals surface area contributed by atoms with Crippen LogP contribution >= 0.6 is 0 Å². The zero-order valence-corrected chi connectivity index (χ0v) is 7.30. The number of imide groups is 1. The van der Waals surface area contributed by atoms with Crippen molar-refractivity contribution in [3.63, 3.8) is 0 Å². The molecule has 0 radical (unpaired) electrons. The Morgan fingerprint density at radius 1 is 1.69 bits per heavy atom. The van der Waals surface area contributed by atoms with Crippen molar-refractivity contribution in [1.29, 1.82) is 0 Å². The maximum absolute atomic E-state index is 11.3. The van der Waals surface area contributed by atoms with Crippen molar-refractivity contribution < 1.29 is 9.59 Å². The second kappa shape index (κ2) is 3.91. The molecule has 0 aromatic carbocycles. The monoisotopic (exact) mass is 182 g/mol. The van der Waals surface area contributed by atoms with E-state index < -0.39 is 0 Å². The van der Waals surface area contributed by atoms with Gasteiger partial charge in [-0.25, -0.2) is 0 Å².